The zero-order valence-electron chi connectivity index (χ0n) is 41.1. The number of benzene rings is 10. The van der Waals surface area contributed by atoms with Crippen LogP contribution in [0.3, 0.4) is 0 Å². The third-order valence-corrected chi connectivity index (χ3v) is 16.9. The van der Waals surface area contributed by atoms with E-state index in [-0.39, 0.29) is 10.8 Å². The van der Waals surface area contributed by atoms with Crippen LogP contribution in [0.15, 0.2) is 231 Å². The van der Waals surface area contributed by atoms with Gasteiger partial charge < -0.3 is 0 Å². The highest BCUT2D eigenvalue weighted by atomic mass is 15.0. The molecule has 0 radical (unpaired) electrons. The van der Waals surface area contributed by atoms with Crippen LogP contribution in [0.25, 0.3) is 105 Å². The van der Waals surface area contributed by atoms with Crippen LogP contribution in [-0.4, -0.2) is 15.0 Å². The molecule has 352 valence electrons. The van der Waals surface area contributed by atoms with Crippen molar-refractivity contribution >= 4 is 27.2 Å². The molecule has 15 rings (SSSR count). The summed E-state index contributed by atoms with van der Waals surface area (Å²) in [6.45, 7) is 7.69. The minimum atomic E-state index is 0.105. The minimum Gasteiger partial charge on any atom is -0.238 e. The van der Waals surface area contributed by atoms with E-state index in [1.807, 2.05) is 30.3 Å². The Balaban J connectivity index is 0.813. The number of nitrogens with zero attached hydrogens (tertiary/aromatic N) is 4. The molecule has 0 amide bonds. The molecule has 0 spiro atoms. The minimum absolute atomic E-state index is 0.105. The summed E-state index contributed by atoms with van der Waals surface area (Å²) in [5, 5.41) is 5.35. The van der Waals surface area contributed by atoms with Crippen LogP contribution in [0.2, 0.25) is 0 Å². The van der Waals surface area contributed by atoms with Gasteiger partial charge in [-0.15, -0.1) is 0 Å². The third kappa shape index (κ3) is 7.62. The molecule has 1 aromatic heterocycles. The first kappa shape index (κ1) is 44.0. The van der Waals surface area contributed by atoms with Crippen molar-refractivity contribution in [3.63, 3.8) is 0 Å². The fourth-order valence-corrected chi connectivity index (χ4v) is 14.1. The average molecular weight is 949 g/mol. The van der Waals surface area contributed by atoms with Gasteiger partial charge in [-0.05, 0) is 144 Å². The molecule has 2 unspecified atom stereocenters. The summed E-state index contributed by atoms with van der Waals surface area (Å²) in [4.78, 5) is 19.2. The molecule has 0 saturated heterocycles. The lowest BCUT2D eigenvalue weighted by atomic mass is 9.41. The van der Waals surface area contributed by atoms with Gasteiger partial charge in [-0.25, -0.2) is 19.8 Å². The van der Waals surface area contributed by atoms with E-state index < -0.39 is 0 Å². The predicted octanol–water partition coefficient (Wildman–Crippen LogP) is 18.2. The molecule has 0 N–H and O–H groups in total. The molecule has 1 heterocycles. The standard InChI is InChI=1S/C70H52N4/c1-71-57-18-12-17-56(40-57)59-36-38-65(63-22-11-9-20-61(59)63)70-43-46-39-47(44-70)42-69(41-46,45-70)64-37-35-58(60-19-8-10-21-62(60)64)52-27-33-55(34-28-52)68-73-66(53-29-23-50(24-30-53)48-13-4-2-5-14-48)72-67(74-68)54-31-25-51(26-32-54)49-15-6-3-7-16-49/h2-38,40,46-47H,39,41-45H2. The Hall–Kier alpha value is -8.78. The van der Waals surface area contributed by atoms with Crippen LogP contribution in [0.5, 0.6) is 0 Å². The van der Waals surface area contributed by atoms with Gasteiger partial charge >= 0.3 is 0 Å². The first-order valence-electron chi connectivity index (χ1n) is 26.2. The van der Waals surface area contributed by atoms with E-state index >= 15 is 0 Å². The largest absolute Gasteiger partial charge is 0.238 e. The van der Waals surface area contributed by atoms with Gasteiger partial charge in [-0.3, -0.25) is 0 Å². The Morgan fingerprint density at radius 2 is 0.703 bits per heavy atom. The average Bonchev–Trinajstić information content (AvgIpc) is 3.51. The van der Waals surface area contributed by atoms with Crippen LogP contribution in [0.1, 0.15) is 49.7 Å². The number of hydrogen-bond donors (Lipinski definition) is 0. The summed E-state index contributed by atoms with van der Waals surface area (Å²) in [5.41, 5.74) is 16.2. The van der Waals surface area contributed by atoms with Crippen LogP contribution in [0, 0.1) is 18.4 Å². The van der Waals surface area contributed by atoms with Crippen LogP contribution in [0.4, 0.5) is 5.69 Å². The zero-order chi connectivity index (χ0) is 49.2. The molecule has 11 aromatic rings. The van der Waals surface area contributed by atoms with Crippen LogP contribution < -0.4 is 0 Å². The van der Waals surface area contributed by atoms with E-state index in [1.54, 1.807) is 0 Å². The first-order valence-corrected chi connectivity index (χ1v) is 26.2. The van der Waals surface area contributed by atoms with E-state index in [0.29, 0.717) is 35.0 Å². The molecule has 2 atom stereocenters. The Morgan fingerprint density at radius 3 is 1.15 bits per heavy atom. The van der Waals surface area contributed by atoms with E-state index in [4.69, 9.17) is 21.5 Å². The smallest absolute Gasteiger partial charge is 0.187 e. The Morgan fingerprint density at radius 1 is 0.338 bits per heavy atom. The summed E-state index contributed by atoms with van der Waals surface area (Å²) >= 11 is 0. The summed E-state index contributed by atoms with van der Waals surface area (Å²) in [6.07, 6.45) is 7.55. The second kappa shape index (κ2) is 17.8. The molecule has 4 bridgehead atoms. The lowest BCUT2D eigenvalue weighted by Gasteiger charge is -2.63. The van der Waals surface area contributed by atoms with Crippen molar-refractivity contribution in [3.05, 3.63) is 253 Å². The second-order valence-corrected chi connectivity index (χ2v) is 21.4. The van der Waals surface area contributed by atoms with Crippen molar-refractivity contribution in [1.29, 1.82) is 0 Å². The normalized spacial score (nSPS) is 19.7. The van der Waals surface area contributed by atoms with Crippen molar-refractivity contribution in [1.82, 2.24) is 15.0 Å². The number of hydrogen-bond acceptors (Lipinski definition) is 3. The topological polar surface area (TPSA) is 43.0 Å². The van der Waals surface area contributed by atoms with Gasteiger partial charge in [0, 0.05) is 16.7 Å². The lowest BCUT2D eigenvalue weighted by molar-refractivity contribution is -0.0268. The molecular formula is C70H52N4. The molecule has 4 aliphatic rings. The van der Waals surface area contributed by atoms with Gasteiger partial charge in [-0.1, -0.05) is 224 Å². The molecule has 4 fully saturated rings. The molecule has 10 aromatic carbocycles. The van der Waals surface area contributed by atoms with Crippen LogP contribution in [-0.2, 0) is 10.8 Å². The molecule has 4 heteroatoms. The van der Waals surface area contributed by atoms with Crippen molar-refractivity contribution < 1.29 is 0 Å². The number of fused-ring (bicyclic) bond motifs is 2. The Bertz CT molecular complexity index is 3850. The zero-order valence-corrected chi connectivity index (χ0v) is 41.1. The van der Waals surface area contributed by atoms with Gasteiger partial charge in [0.2, 0.25) is 0 Å². The number of aromatic nitrogens is 3. The second-order valence-electron chi connectivity index (χ2n) is 21.4. The molecule has 4 aliphatic carbocycles. The van der Waals surface area contributed by atoms with Gasteiger partial charge in [0.25, 0.3) is 0 Å². The third-order valence-electron chi connectivity index (χ3n) is 16.9. The van der Waals surface area contributed by atoms with Crippen molar-refractivity contribution in [2.24, 2.45) is 11.8 Å². The molecule has 74 heavy (non-hydrogen) atoms. The van der Waals surface area contributed by atoms with Crippen molar-refractivity contribution in [3.8, 4) is 78.7 Å². The summed E-state index contributed by atoms with van der Waals surface area (Å²) < 4.78 is 0. The Labute approximate surface area is 433 Å². The quantitative estimate of drug-likeness (QED) is 0.135. The summed E-state index contributed by atoms with van der Waals surface area (Å²) in [7, 11) is 0. The lowest BCUT2D eigenvalue weighted by Crippen LogP contribution is -2.56. The molecule has 4 saturated carbocycles. The Kier molecular flexibility index (Phi) is 10.6. The summed E-state index contributed by atoms with van der Waals surface area (Å²) in [5.74, 6) is 3.33. The fourth-order valence-electron chi connectivity index (χ4n) is 14.1. The maximum Gasteiger partial charge on any atom is 0.187 e. The van der Waals surface area contributed by atoms with Gasteiger partial charge in [0.15, 0.2) is 23.2 Å². The maximum absolute atomic E-state index is 7.69. The van der Waals surface area contributed by atoms with E-state index in [9.17, 15) is 0 Å². The fraction of sp³-hybridized carbons (Fsp3) is 0.143. The van der Waals surface area contributed by atoms with Crippen LogP contribution >= 0.6 is 0 Å². The summed E-state index contributed by atoms with van der Waals surface area (Å²) in [6, 6.07) is 82.9. The van der Waals surface area contributed by atoms with E-state index in [1.165, 1.54) is 99.0 Å². The SMILES string of the molecule is [C-]#[N+]c1cccc(-c2ccc(C34CC5CC(CC(c6ccc(-c7ccc(-c8nc(-c9ccc(-c%10ccccc%10)cc9)nc(-c9ccc(-c%10ccccc%10)cc9)n8)cc7)c7ccccc67)(C5)C3)C4)c3ccccc23)c1. The highest BCUT2D eigenvalue weighted by Gasteiger charge is 2.59. The van der Waals surface area contributed by atoms with Gasteiger partial charge in [0.1, 0.15) is 0 Å². The molecular weight excluding hydrogens is 897 g/mol. The molecule has 4 nitrogen and oxygen atoms in total. The highest BCUT2D eigenvalue weighted by molar-refractivity contribution is 6.01. The molecule has 0 aliphatic heterocycles. The maximum atomic E-state index is 7.69. The van der Waals surface area contributed by atoms with E-state index in [0.717, 1.165) is 33.4 Å². The van der Waals surface area contributed by atoms with Crippen molar-refractivity contribution in [2.45, 2.75) is 49.4 Å². The van der Waals surface area contributed by atoms with Gasteiger partial charge in [-0.2, -0.15) is 0 Å². The first-order chi connectivity index (χ1) is 36.5. The highest BCUT2D eigenvalue weighted by Crippen LogP contribution is 2.67. The van der Waals surface area contributed by atoms with E-state index in [2.05, 4.69) is 205 Å². The van der Waals surface area contributed by atoms with Crippen molar-refractivity contribution in [2.75, 3.05) is 0 Å². The monoisotopic (exact) mass is 948 g/mol. The number of rotatable bonds is 9. The van der Waals surface area contributed by atoms with Gasteiger partial charge in [0.05, 0.1) is 6.57 Å². The predicted molar refractivity (Wildman–Crippen MR) is 304 cm³/mol.